The van der Waals surface area contributed by atoms with Gasteiger partial charge in [0.25, 0.3) is 0 Å². The lowest BCUT2D eigenvalue weighted by molar-refractivity contribution is -0.150. The predicted octanol–water partition coefficient (Wildman–Crippen LogP) is 3.39. The molecule has 4 heteroatoms. The van der Waals surface area contributed by atoms with E-state index in [0.717, 1.165) is 37.4 Å². The number of aliphatic hydroxyl groups is 1. The van der Waals surface area contributed by atoms with E-state index in [1.807, 2.05) is 18.7 Å². The Hall–Kier alpha value is -0.220. The predicted molar refractivity (Wildman–Crippen MR) is 82.8 cm³/mol. The highest BCUT2D eigenvalue weighted by molar-refractivity contribution is 7.99. The summed E-state index contributed by atoms with van der Waals surface area (Å²) in [7, 11) is 0. The summed E-state index contributed by atoms with van der Waals surface area (Å²) >= 11 is 1.91. The molecule has 2 aliphatic rings. The Labute approximate surface area is 126 Å². The van der Waals surface area contributed by atoms with Crippen LogP contribution in [-0.4, -0.2) is 34.8 Å². The smallest absolute Gasteiger partial charge is 0.308 e. The zero-order valence-electron chi connectivity index (χ0n) is 12.6. The molecule has 116 valence electrons. The lowest BCUT2D eigenvalue weighted by Gasteiger charge is -2.35. The minimum atomic E-state index is -0.549. The number of hydrogen-bond acceptors (Lipinski definition) is 4. The fourth-order valence-electron chi connectivity index (χ4n) is 3.39. The summed E-state index contributed by atoms with van der Waals surface area (Å²) in [4.78, 5) is 11.7. The van der Waals surface area contributed by atoms with Gasteiger partial charge in [0.2, 0.25) is 0 Å². The SMILES string of the molecule is CCOC(=O)C1CCC(O)(CSCC2CCCC2)CC1. The molecule has 20 heavy (non-hydrogen) atoms. The minimum absolute atomic E-state index is 0.00931. The molecule has 2 aliphatic carbocycles. The van der Waals surface area contributed by atoms with Crippen molar-refractivity contribution in [2.45, 2.75) is 63.9 Å². The van der Waals surface area contributed by atoms with E-state index in [-0.39, 0.29) is 11.9 Å². The molecule has 0 amide bonds. The molecule has 0 radical (unpaired) electrons. The second-order valence-corrected chi connectivity index (χ2v) is 7.45. The molecule has 0 aromatic rings. The first-order chi connectivity index (χ1) is 9.63. The van der Waals surface area contributed by atoms with E-state index in [1.54, 1.807) is 0 Å². The van der Waals surface area contributed by atoms with Crippen molar-refractivity contribution in [2.75, 3.05) is 18.1 Å². The van der Waals surface area contributed by atoms with Crippen LogP contribution in [0.1, 0.15) is 58.3 Å². The second kappa shape index (κ2) is 7.69. The first-order valence-electron chi connectivity index (χ1n) is 8.10. The molecule has 0 atom stereocenters. The van der Waals surface area contributed by atoms with E-state index < -0.39 is 5.60 Å². The van der Waals surface area contributed by atoms with Crippen LogP contribution >= 0.6 is 11.8 Å². The average molecular weight is 300 g/mol. The highest BCUT2D eigenvalue weighted by Crippen LogP contribution is 2.36. The van der Waals surface area contributed by atoms with Crippen molar-refractivity contribution in [2.24, 2.45) is 11.8 Å². The van der Waals surface area contributed by atoms with Crippen molar-refractivity contribution in [1.82, 2.24) is 0 Å². The van der Waals surface area contributed by atoms with Crippen LogP contribution in [0.25, 0.3) is 0 Å². The molecule has 2 rings (SSSR count). The van der Waals surface area contributed by atoms with Gasteiger partial charge in [-0.3, -0.25) is 4.79 Å². The molecule has 0 aromatic carbocycles. The third-order valence-corrected chi connectivity index (χ3v) is 6.18. The molecule has 0 saturated heterocycles. The monoisotopic (exact) mass is 300 g/mol. The summed E-state index contributed by atoms with van der Waals surface area (Å²) in [5, 5.41) is 10.6. The standard InChI is InChI=1S/C16H28O3S/c1-2-19-15(17)14-7-9-16(18,10-8-14)12-20-11-13-5-3-4-6-13/h13-14,18H,2-12H2,1H3. The Bertz CT molecular complexity index is 305. The van der Waals surface area contributed by atoms with Crippen molar-refractivity contribution in [3.8, 4) is 0 Å². The molecular formula is C16H28O3S. The van der Waals surface area contributed by atoms with Crippen molar-refractivity contribution in [1.29, 1.82) is 0 Å². The normalized spacial score (nSPS) is 31.4. The summed E-state index contributed by atoms with van der Waals surface area (Å²) in [5.74, 6) is 2.84. The van der Waals surface area contributed by atoms with Gasteiger partial charge in [0.1, 0.15) is 0 Å². The summed E-state index contributed by atoms with van der Waals surface area (Å²) in [5.41, 5.74) is -0.549. The lowest BCUT2D eigenvalue weighted by atomic mass is 9.80. The maximum atomic E-state index is 11.7. The molecule has 0 heterocycles. The zero-order valence-corrected chi connectivity index (χ0v) is 13.4. The van der Waals surface area contributed by atoms with E-state index in [2.05, 4.69) is 0 Å². The quantitative estimate of drug-likeness (QED) is 0.764. The van der Waals surface area contributed by atoms with Crippen molar-refractivity contribution in [3.05, 3.63) is 0 Å². The fourth-order valence-corrected chi connectivity index (χ4v) is 4.84. The molecule has 0 aromatic heterocycles. The average Bonchev–Trinajstić information content (AvgIpc) is 2.93. The van der Waals surface area contributed by atoms with Gasteiger partial charge in [0.15, 0.2) is 0 Å². The topological polar surface area (TPSA) is 46.5 Å². The van der Waals surface area contributed by atoms with E-state index >= 15 is 0 Å². The number of carbonyl (C=O) groups excluding carboxylic acids is 1. The van der Waals surface area contributed by atoms with Crippen molar-refractivity contribution < 1.29 is 14.6 Å². The van der Waals surface area contributed by atoms with Gasteiger partial charge in [-0.1, -0.05) is 12.8 Å². The molecular weight excluding hydrogens is 272 g/mol. The zero-order chi connectivity index (χ0) is 14.4. The molecule has 0 unspecified atom stereocenters. The van der Waals surface area contributed by atoms with Crippen molar-refractivity contribution in [3.63, 3.8) is 0 Å². The van der Waals surface area contributed by atoms with Gasteiger partial charge in [-0.05, 0) is 57.1 Å². The lowest BCUT2D eigenvalue weighted by Crippen LogP contribution is -2.38. The maximum Gasteiger partial charge on any atom is 0.308 e. The first kappa shape index (κ1) is 16.2. The Morgan fingerprint density at radius 2 is 1.90 bits per heavy atom. The van der Waals surface area contributed by atoms with Gasteiger partial charge < -0.3 is 9.84 Å². The number of carbonyl (C=O) groups is 1. The third-order valence-electron chi connectivity index (χ3n) is 4.74. The molecule has 0 aliphatic heterocycles. The van der Waals surface area contributed by atoms with Crippen LogP contribution in [0.4, 0.5) is 0 Å². The summed E-state index contributed by atoms with van der Waals surface area (Å²) in [6.07, 6.45) is 8.56. The highest BCUT2D eigenvalue weighted by Gasteiger charge is 2.36. The largest absolute Gasteiger partial charge is 0.466 e. The molecule has 2 fully saturated rings. The number of hydrogen-bond donors (Lipinski definition) is 1. The maximum absolute atomic E-state index is 11.7. The van der Waals surface area contributed by atoms with Crippen molar-refractivity contribution >= 4 is 17.7 Å². The van der Waals surface area contributed by atoms with Gasteiger partial charge in [-0.2, -0.15) is 11.8 Å². The van der Waals surface area contributed by atoms with Crippen LogP contribution in [0.2, 0.25) is 0 Å². The third kappa shape index (κ3) is 4.66. The highest BCUT2D eigenvalue weighted by atomic mass is 32.2. The molecule has 2 saturated carbocycles. The van der Waals surface area contributed by atoms with E-state index in [0.29, 0.717) is 6.61 Å². The molecule has 0 bridgehead atoms. The van der Waals surface area contributed by atoms with Gasteiger partial charge in [0, 0.05) is 5.75 Å². The number of thioether (sulfide) groups is 1. The van der Waals surface area contributed by atoms with Gasteiger partial charge in [-0.25, -0.2) is 0 Å². The Kier molecular flexibility index (Phi) is 6.21. The van der Waals surface area contributed by atoms with Crippen LogP contribution < -0.4 is 0 Å². The summed E-state index contributed by atoms with van der Waals surface area (Å²) < 4.78 is 5.07. The number of rotatable bonds is 6. The number of ether oxygens (including phenoxy) is 1. The Morgan fingerprint density at radius 3 is 2.50 bits per heavy atom. The summed E-state index contributed by atoms with van der Waals surface area (Å²) in [6.45, 7) is 2.30. The van der Waals surface area contributed by atoms with Gasteiger partial charge in [-0.15, -0.1) is 0 Å². The van der Waals surface area contributed by atoms with E-state index in [9.17, 15) is 9.90 Å². The Morgan fingerprint density at radius 1 is 1.25 bits per heavy atom. The van der Waals surface area contributed by atoms with E-state index in [4.69, 9.17) is 4.74 Å². The number of esters is 1. The molecule has 3 nitrogen and oxygen atoms in total. The summed E-state index contributed by atoms with van der Waals surface area (Å²) in [6, 6.07) is 0. The minimum Gasteiger partial charge on any atom is -0.466 e. The molecule has 0 spiro atoms. The van der Waals surface area contributed by atoms with Gasteiger partial charge in [0.05, 0.1) is 18.1 Å². The van der Waals surface area contributed by atoms with Crippen LogP contribution in [0.5, 0.6) is 0 Å². The molecule has 1 N–H and O–H groups in total. The van der Waals surface area contributed by atoms with Crippen LogP contribution in [-0.2, 0) is 9.53 Å². The van der Waals surface area contributed by atoms with Crippen LogP contribution in [0.15, 0.2) is 0 Å². The Balaban J connectivity index is 1.66. The van der Waals surface area contributed by atoms with E-state index in [1.165, 1.54) is 31.4 Å². The first-order valence-corrected chi connectivity index (χ1v) is 9.25. The van der Waals surface area contributed by atoms with Crippen LogP contribution in [0.3, 0.4) is 0 Å². The van der Waals surface area contributed by atoms with Crippen LogP contribution in [0, 0.1) is 11.8 Å². The fraction of sp³-hybridized carbons (Fsp3) is 0.938. The second-order valence-electron chi connectivity index (χ2n) is 6.42. The van der Waals surface area contributed by atoms with Gasteiger partial charge >= 0.3 is 5.97 Å².